The van der Waals surface area contributed by atoms with E-state index in [9.17, 15) is 18.0 Å². The van der Waals surface area contributed by atoms with Crippen molar-refractivity contribution in [2.45, 2.75) is 26.4 Å². The maximum atomic E-state index is 12.6. The Kier molecular flexibility index (Phi) is 3.67. The summed E-state index contributed by atoms with van der Waals surface area (Å²) in [5.74, 6) is -0.937. The van der Waals surface area contributed by atoms with E-state index in [0.29, 0.717) is 6.42 Å². The Bertz CT molecular complexity index is 387. The second-order valence-electron chi connectivity index (χ2n) is 3.59. The lowest BCUT2D eigenvalue weighted by Gasteiger charge is -2.13. The van der Waals surface area contributed by atoms with E-state index in [4.69, 9.17) is 0 Å². The van der Waals surface area contributed by atoms with Crippen molar-refractivity contribution >= 4 is 5.78 Å². The average molecular weight is 231 g/mol. The third-order valence-corrected chi connectivity index (χ3v) is 2.45. The number of aromatic nitrogens is 1. The van der Waals surface area contributed by atoms with Crippen LogP contribution in [0.15, 0.2) is 18.5 Å². The quantitative estimate of drug-likeness (QED) is 0.747. The van der Waals surface area contributed by atoms with Gasteiger partial charge in [0.2, 0.25) is 0 Å². The summed E-state index contributed by atoms with van der Waals surface area (Å²) in [5.41, 5.74) is -1.25. The highest BCUT2D eigenvalue weighted by Gasteiger charge is 2.35. The fourth-order valence-corrected chi connectivity index (χ4v) is 1.29. The van der Waals surface area contributed by atoms with Gasteiger partial charge in [0, 0.05) is 23.9 Å². The molecule has 1 atom stereocenters. The lowest BCUT2D eigenvalue weighted by molar-refractivity contribution is -0.138. The van der Waals surface area contributed by atoms with Crippen LogP contribution in [0.2, 0.25) is 0 Å². The van der Waals surface area contributed by atoms with E-state index in [1.54, 1.807) is 13.8 Å². The number of alkyl halides is 3. The van der Waals surface area contributed by atoms with Gasteiger partial charge in [-0.2, -0.15) is 13.2 Å². The minimum absolute atomic E-state index is 0.343. The summed E-state index contributed by atoms with van der Waals surface area (Å²) < 4.78 is 37.8. The Labute approximate surface area is 91.5 Å². The first-order chi connectivity index (χ1) is 7.38. The van der Waals surface area contributed by atoms with E-state index in [1.807, 2.05) is 0 Å². The van der Waals surface area contributed by atoms with Gasteiger partial charge in [0.15, 0.2) is 5.78 Å². The molecule has 1 unspecified atom stereocenters. The third kappa shape index (κ3) is 2.59. The molecule has 0 spiro atoms. The molecule has 1 rings (SSSR count). The van der Waals surface area contributed by atoms with Crippen molar-refractivity contribution in [2.24, 2.45) is 5.92 Å². The molecule has 5 heteroatoms. The van der Waals surface area contributed by atoms with E-state index in [-0.39, 0.29) is 5.56 Å². The molecular formula is C11H12F3NO. The molecule has 0 saturated carbocycles. The van der Waals surface area contributed by atoms with Crippen molar-refractivity contribution in [2.75, 3.05) is 0 Å². The van der Waals surface area contributed by atoms with Crippen LogP contribution in [0.1, 0.15) is 36.2 Å². The van der Waals surface area contributed by atoms with E-state index < -0.39 is 23.4 Å². The Morgan fingerprint density at radius 3 is 2.62 bits per heavy atom. The Balaban J connectivity index is 3.19. The van der Waals surface area contributed by atoms with Crippen LogP contribution >= 0.6 is 0 Å². The van der Waals surface area contributed by atoms with Gasteiger partial charge in [0.05, 0.1) is 5.56 Å². The van der Waals surface area contributed by atoms with Crippen LogP contribution in [0.25, 0.3) is 0 Å². The van der Waals surface area contributed by atoms with Gasteiger partial charge in [0.25, 0.3) is 0 Å². The second-order valence-corrected chi connectivity index (χ2v) is 3.59. The number of halogens is 3. The zero-order valence-electron chi connectivity index (χ0n) is 9.01. The number of carbonyl (C=O) groups excluding carboxylic acids is 1. The molecular weight excluding hydrogens is 219 g/mol. The SMILES string of the molecule is CCC(C)C(=O)c1cnccc1C(F)(F)F. The standard InChI is InChI=1S/C11H12F3NO/c1-3-7(2)10(16)8-6-15-5-4-9(8)11(12,13)14/h4-7H,3H2,1-2H3. The van der Waals surface area contributed by atoms with E-state index in [1.165, 1.54) is 0 Å². The molecule has 0 N–H and O–H groups in total. The molecule has 0 aliphatic carbocycles. The van der Waals surface area contributed by atoms with Crippen LogP contribution in [0.3, 0.4) is 0 Å². The summed E-state index contributed by atoms with van der Waals surface area (Å²) in [6.45, 7) is 3.36. The molecule has 0 amide bonds. The highest BCUT2D eigenvalue weighted by atomic mass is 19.4. The zero-order chi connectivity index (χ0) is 12.3. The molecule has 0 aliphatic rings. The zero-order valence-corrected chi connectivity index (χ0v) is 9.01. The van der Waals surface area contributed by atoms with Crippen molar-refractivity contribution in [1.29, 1.82) is 0 Å². The highest BCUT2D eigenvalue weighted by molar-refractivity contribution is 5.98. The van der Waals surface area contributed by atoms with Crippen LogP contribution in [0.5, 0.6) is 0 Å². The van der Waals surface area contributed by atoms with Gasteiger partial charge in [-0.25, -0.2) is 0 Å². The molecule has 2 nitrogen and oxygen atoms in total. The normalized spacial score (nSPS) is 13.6. The van der Waals surface area contributed by atoms with Gasteiger partial charge in [-0.15, -0.1) is 0 Å². The smallest absolute Gasteiger partial charge is 0.294 e. The molecule has 0 saturated heterocycles. The van der Waals surface area contributed by atoms with Gasteiger partial charge in [0.1, 0.15) is 0 Å². The van der Waals surface area contributed by atoms with Crippen molar-refractivity contribution in [3.05, 3.63) is 29.6 Å². The van der Waals surface area contributed by atoms with Crippen molar-refractivity contribution in [1.82, 2.24) is 4.98 Å². The summed E-state index contributed by atoms with van der Waals surface area (Å²) in [6.07, 6.45) is -1.99. The number of hydrogen-bond donors (Lipinski definition) is 0. The topological polar surface area (TPSA) is 30.0 Å². The first-order valence-electron chi connectivity index (χ1n) is 4.93. The predicted octanol–water partition coefficient (Wildman–Crippen LogP) is 3.33. The molecule has 0 fully saturated rings. The molecule has 0 radical (unpaired) electrons. The number of pyridine rings is 1. The number of rotatable bonds is 3. The minimum atomic E-state index is -4.51. The van der Waals surface area contributed by atoms with Crippen LogP contribution in [-0.4, -0.2) is 10.8 Å². The fourth-order valence-electron chi connectivity index (χ4n) is 1.29. The van der Waals surface area contributed by atoms with Gasteiger partial charge in [-0.1, -0.05) is 13.8 Å². The third-order valence-electron chi connectivity index (χ3n) is 2.45. The molecule has 1 aromatic heterocycles. The van der Waals surface area contributed by atoms with Gasteiger partial charge in [-0.05, 0) is 12.5 Å². The largest absolute Gasteiger partial charge is 0.417 e. The molecule has 16 heavy (non-hydrogen) atoms. The fraction of sp³-hybridized carbons (Fsp3) is 0.455. The number of nitrogens with zero attached hydrogens (tertiary/aromatic N) is 1. The Hall–Kier alpha value is -1.39. The molecule has 0 bridgehead atoms. The van der Waals surface area contributed by atoms with Crippen LogP contribution in [-0.2, 0) is 6.18 Å². The molecule has 0 aliphatic heterocycles. The number of carbonyl (C=O) groups is 1. The van der Waals surface area contributed by atoms with E-state index >= 15 is 0 Å². The first kappa shape index (κ1) is 12.7. The lowest BCUT2D eigenvalue weighted by atomic mass is 9.95. The Morgan fingerprint density at radius 2 is 2.12 bits per heavy atom. The van der Waals surface area contributed by atoms with Gasteiger partial charge >= 0.3 is 6.18 Å². The minimum Gasteiger partial charge on any atom is -0.294 e. The Morgan fingerprint density at radius 1 is 1.50 bits per heavy atom. The molecule has 1 aromatic rings. The maximum absolute atomic E-state index is 12.6. The van der Waals surface area contributed by atoms with Gasteiger partial charge in [-0.3, -0.25) is 9.78 Å². The second kappa shape index (κ2) is 4.63. The van der Waals surface area contributed by atoms with Crippen molar-refractivity contribution < 1.29 is 18.0 Å². The van der Waals surface area contributed by atoms with Crippen LogP contribution in [0.4, 0.5) is 13.2 Å². The molecule has 0 aromatic carbocycles. The molecule has 88 valence electrons. The van der Waals surface area contributed by atoms with E-state index in [0.717, 1.165) is 18.5 Å². The number of ketones is 1. The highest BCUT2D eigenvalue weighted by Crippen LogP contribution is 2.32. The monoisotopic (exact) mass is 231 g/mol. The maximum Gasteiger partial charge on any atom is 0.417 e. The predicted molar refractivity (Wildman–Crippen MR) is 53.0 cm³/mol. The van der Waals surface area contributed by atoms with Crippen LogP contribution in [0, 0.1) is 5.92 Å². The summed E-state index contributed by atoms with van der Waals surface area (Å²) in [4.78, 5) is 15.3. The summed E-state index contributed by atoms with van der Waals surface area (Å²) in [5, 5.41) is 0. The van der Waals surface area contributed by atoms with Crippen LogP contribution < -0.4 is 0 Å². The van der Waals surface area contributed by atoms with Crippen molar-refractivity contribution in [3.63, 3.8) is 0 Å². The summed E-state index contributed by atoms with van der Waals surface area (Å²) in [7, 11) is 0. The number of hydrogen-bond acceptors (Lipinski definition) is 2. The average Bonchev–Trinajstić information content (AvgIpc) is 2.26. The molecule has 1 heterocycles. The lowest BCUT2D eigenvalue weighted by Crippen LogP contribution is -2.17. The van der Waals surface area contributed by atoms with Crippen molar-refractivity contribution in [3.8, 4) is 0 Å². The van der Waals surface area contributed by atoms with E-state index in [2.05, 4.69) is 4.98 Å². The van der Waals surface area contributed by atoms with Gasteiger partial charge < -0.3 is 0 Å². The first-order valence-corrected chi connectivity index (χ1v) is 4.93. The summed E-state index contributed by atoms with van der Waals surface area (Å²) in [6, 6.07) is 0.829. The summed E-state index contributed by atoms with van der Waals surface area (Å²) >= 11 is 0. The number of Topliss-reactive ketones (excluding diaryl/α,β-unsaturated/α-hetero) is 1.